The standard InChI is InChI=1S/C8H6F3NO3/c1-15-4-2-3(6(9)10)5(8(13)14)12-7(4)11/h2,6H,1H3,(H,13,14). The van der Waals surface area contributed by atoms with Gasteiger partial charge < -0.3 is 9.84 Å². The molecule has 1 heterocycles. The molecular formula is C8H6F3NO3. The average molecular weight is 221 g/mol. The van der Waals surface area contributed by atoms with E-state index in [1.807, 2.05) is 0 Å². The molecule has 0 bridgehead atoms. The Bertz CT molecular complexity index is 395. The molecule has 0 saturated heterocycles. The molecule has 0 aromatic carbocycles. The van der Waals surface area contributed by atoms with Gasteiger partial charge in [0, 0.05) is 0 Å². The number of pyridine rings is 1. The van der Waals surface area contributed by atoms with Crippen LogP contribution in [0.4, 0.5) is 13.2 Å². The monoisotopic (exact) mass is 221 g/mol. The summed E-state index contributed by atoms with van der Waals surface area (Å²) >= 11 is 0. The lowest BCUT2D eigenvalue weighted by atomic mass is 10.2. The van der Waals surface area contributed by atoms with Gasteiger partial charge in [0.2, 0.25) is 0 Å². The summed E-state index contributed by atoms with van der Waals surface area (Å²) in [4.78, 5) is 13.4. The molecule has 15 heavy (non-hydrogen) atoms. The Labute approximate surface area is 82.3 Å². The molecule has 0 fully saturated rings. The molecule has 1 aromatic heterocycles. The van der Waals surface area contributed by atoms with Crippen LogP contribution in [-0.2, 0) is 0 Å². The van der Waals surface area contributed by atoms with Crippen molar-refractivity contribution < 1.29 is 27.8 Å². The number of hydrogen-bond acceptors (Lipinski definition) is 3. The van der Waals surface area contributed by atoms with E-state index < -0.39 is 35.3 Å². The van der Waals surface area contributed by atoms with Crippen molar-refractivity contribution >= 4 is 5.97 Å². The van der Waals surface area contributed by atoms with Gasteiger partial charge in [-0.15, -0.1) is 0 Å². The number of aromatic carboxylic acids is 1. The lowest BCUT2D eigenvalue weighted by Crippen LogP contribution is -2.09. The van der Waals surface area contributed by atoms with E-state index in [1.165, 1.54) is 0 Å². The van der Waals surface area contributed by atoms with Crippen LogP contribution in [0, 0.1) is 5.95 Å². The molecular weight excluding hydrogens is 215 g/mol. The first-order valence-electron chi connectivity index (χ1n) is 3.73. The molecule has 1 N–H and O–H groups in total. The molecule has 1 aromatic rings. The Morgan fingerprint density at radius 1 is 1.60 bits per heavy atom. The molecule has 0 aliphatic rings. The van der Waals surface area contributed by atoms with E-state index in [2.05, 4.69) is 9.72 Å². The van der Waals surface area contributed by atoms with E-state index >= 15 is 0 Å². The summed E-state index contributed by atoms with van der Waals surface area (Å²) < 4.78 is 42.0. The van der Waals surface area contributed by atoms with Crippen LogP contribution in [0.5, 0.6) is 5.75 Å². The lowest BCUT2D eigenvalue weighted by Gasteiger charge is -2.07. The summed E-state index contributed by atoms with van der Waals surface area (Å²) in [5.41, 5.74) is -1.89. The minimum atomic E-state index is -3.06. The van der Waals surface area contributed by atoms with Crippen LogP contribution in [0.2, 0.25) is 0 Å². The Balaban J connectivity index is 3.38. The van der Waals surface area contributed by atoms with E-state index in [-0.39, 0.29) is 0 Å². The fourth-order valence-corrected chi connectivity index (χ4v) is 0.968. The number of nitrogens with zero attached hydrogens (tertiary/aromatic N) is 1. The molecule has 82 valence electrons. The highest BCUT2D eigenvalue weighted by Gasteiger charge is 2.23. The first-order valence-corrected chi connectivity index (χ1v) is 3.73. The number of aromatic nitrogens is 1. The largest absolute Gasteiger partial charge is 0.492 e. The van der Waals surface area contributed by atoms with Gasteiger partial charge in [0.1, 0.15) is 0 Å². The molecule has 0 saturated carbocycles. The van der Waals surface area contributed by atoms with Crippen molar-refractivity contribution in [2.75, 3.05) is 7.11 Å². The number of ether oxygens (including phenoxy) is 1. The summed E-state index contributed by atoms with van der Waals surface area (Å²) in [5.74, 6) is -3.47. The maximum atomic E-state index is 12.9. The van der Waals surface area contributed by atoms with Crippen molar-refractivity contribution in [3.63, 3.8) is 0 Å². The van der Waals surface area contributed by atoms with Crippen molar-refractivity contribution in [3.05, 3.63) is 23.3 Å². The van der Waals surface area contributed by atoms with E-state index in [1.54, 1.807) is 0 Å². The number of halogens is 3. The van der Waals surface area contributed by atoms with Crippen LogP contribution >= 0.6 is 0 Å². The second-order valence-electron chi connectivity index (χ2n) is 2.53. The van der Waals surface area contributed by atoms with Crippen LogP contribution in [-0.4, -0.2) is 23.2 Å². The van der Waals surface area contributed by atoms with Crippen LogP contribution < -0.4 is 4.74 Å². The van der Waals surface area contributed by atoms with Crippen LogP contribution in [0.1, 0.15) is 22.5 Å². The minimum absolute atomic E-state index is 0.518. The van der Waals surface area contributed by atoms with Crippen LogP contribution in [0.15, 0.2) is 6.07 Å². The van der Waals surface area contributed by atoms with E-state index in [0.29, 0.717) is 6.07 Å². The van der Waals surface area contributed by atoms with Crippen molar-refractivity contribution in [1.29, 1.82) is 0 Å². The SMILES string of the molecule is COc1cc(C(F)F)c(C(=O)O)nc1F. The third-order valence-corrected chi connectivity index (χ3v) is 1.63. The number of carboxylic acids is 1. The summed E-state index contributed by atoms with van der Waals surface area (Å²) in [6.45, 7) is 0. The van der Waals surface area contributed by atoms with Gasteiger partial charge in [-0.25, -0.2) is 18.6 Å². The molecule has 0 radical (unpaired) electrons. The number of methoxy groups -OCH3 is 1. The number of rotatable bonds is 3. The van der Waals surface area contributed by atoms with E-state index in [9.17, 15) is 18.0 Å². The average Bonchev–Trinajstić information content (AvgIpc) is 2.16. The maximum Gasteiger partial charge on any atom is 0.355 e. The first-order chi connectivity index (χ1) is 6.97. The molecule has 1 rings (SSSR count). The molecule has 0 spiro atoms. The predicted molar refractivity (Wildman–Crippen MR) is 42.7 cm³/mol. The lowest BCUT2D eigenvalue weighted by molar-refractivity contribution is 0.0675. The molecule has 0 aliphatic carbocycles. The molecule has 0 unspecified atom stereocenters. The van der Waals surface area contributed by atoms with Gasteiger partial charge in [0.15, 0.2) is 11.4 Å². The number of carboxylic acid groups (broad SMARTS) is 1. The maximum absolute atomic E-state index is 12.9. The highest BCUT2D eigenvalue weighted by atomic mass is 19.3. The predicted octanol–water partition coefficient (Wildman–Crippen LogP) is 1.87. The van der Waals surface area contributed by atoms with Gasteiger partial charge in [-0.2, -0.15) is 4.39 Å². The Hall–Kier alpha value is -1.79. The third kappa shape index (κ3) is 2.17. The van der Waals surface area contributed by atoms with Gasteiger partial charge in [0.25, 0.3) is 12.4 Å². The van der Waals surface area contributed by atoms with Crippen molar-refractivity contribution in [2.24, 2.45) is 0 Å². The van der Waals surface area contributed by atoms with Gasteiger partial charge in [0.05, 0.1) is 12.7 Å². The zero-order valence-electron chi connectivity index (χ0n) is 7.50. The Kier molecular flexibility index (Phi) is 3.13. The zero-order valence-corrected chi connectivity index (χ0v) is 7.50. The summed E-state index contributed by atoms with van der Waals surface area (Å²) in [7, 11) is 1.07. The minimum Gasteiger partial charge on any atom is -0.492 e. The smallest absolute Gasteiger partial charge is 0.355 e. The molecule has 0 amide bonds. The number of hydrogen-bond donors (Lipinski definition) is 1. The van der Waals surface area contributed by atoms with Crippen molar-refractivity contribution in [1.82, 2.24) is 4.98 Å². The fourth-order valence-electron chi connectivity index (χ4n) is 0.968. The molecule has 0 aliphatic heterocycles. The van der Waals surface area contributed by atoms with Gasteiger partial charge in [-0.1, -0.05) is 0 Å². The summed E-state index contributed by atoms with van der Waals surface area (Å²) in [6.07, 6.45) is -3.06. The number of carbonyl (C=O) groups is 1. The van der Waals surface area contributed by atoms with Crippen molar-refractivity contribution in [3.8, 4) is 5.75 Å². The summed E-state index contributed by atoms with van der Waals surface area (Å²) in [5, 5.41) is 8.50. The normalized spacial score (nSPS) is 10.5. The Morgan fingerprint density at radius 3 is 2.60 bits per heavy atom. The van der Waals surface area contributed by atoms with Crippen LogP contribution in [0.25, 0.3) is 0 Å². The molecule has 7 heteroatoms. The third-order valence-electron chi connectivity index (χ3n) is 1.63. The van der Waals surface area contributed by atoms with Crippen LogP contribution in [0.3, 0.4) is 0 Å². The summed E-state index contributed by atoms with van der Waals surface area (Å²) in [6, 6.07) is 0.621. The molecule has 0 atom stereocenters. The quantitative estimate of drug-likeness (QED) is 0.791. The highest BCUT2D eigenvalue weighted by Crippen LogP contribution is 2.27. The van der Waals surface area contributed by atoms with Gasteiger partial charge >= 0.3 is 5.97 Å². The number of alkyl halides is 2. The van der Waals surface area contributed by atoms with Gasteiger partial charge in [-0.05, 0) is 6.07 Å². The van der Waals surface area contributed by atoms with Gasteiger partial charge in [-0.3, -0.25) is 0 Å². The van der Waals surface area contributed by atoms with E-state index in [4.69, 9.17) is 5.11 Å². The first kappa shape index (κ1) is 11.3. The second kappa shape index (κ2) is 4.16. The highest BCUT2D eigenvalue weighted by molar-refractivity contribution is 5.87. The fraction of sp³-hybridized carbons (Fsp3) is 0.250. The molecule has 4 nitrogen and oxygen atoms in total. The topological polar surface area (TPSA) is 59.4 Å². The Morgan fingerprint density at radius 2 is 2.20 bits per heavy atom. The zero-order chi connectivity index (χ0) is 11.6. The van der Waals surface area contributed by atoms with Crippen molar-refractivity contribution in [2.45, 2.75) is 6.43 Å². The van der Waals surface area contributed by atoms with E-state index in [0.717, 1.165) is 7.11 Å². The second-order valence-corrected chi connectivity index (χ2v) is 2.53.